The molecule has 3 rings (SSSR count). The summed E-state index contributed by atoms with van der Waals surface area (Å²) in [5.74, 6) is 0. The molecule has 13 N–H and O–H groups in total. The van der Waals surface area contributed by atoms with Crippen molar-refractivity contribution in [2.45, 2.75) is 92.1 Å². The van der Waals surface area contributed by atoms with E-state index >= 15 is 0 Å². The lowest BCUT2D eigenvalue weighted by Crippen LogP contribution is -2.65. The first-order valence-corrected chi connectivity index (χ1v) is 15.1. The Balaban J connectivity index is 1.89. The molecule has 15 atom stereocenters. The summed E-state index contributed by atoms with van der Waals surface area (Å²) >= 11 is 0. The maximum Gasteiger partial charge on any atom is 0.470 e. The van der Waals surface area contributed by atoms with Crippen LogP contribution < -0.4 is 0 Å². The second-order valence-corrected chi connectivity index (χ2v) is 11.9. The zero-order chi connectivity index (χ0) is 31.7. The largest absolute Gasteiger partial charge is 0.470 e. The van der Waals surface area contributed by atoms with Crippen LogP contribution in [0.5, 0.6) is 0 Å². The minimum absolute atomic E-state index is 0.845. The maximum atomic E-state index is 11.8. The van der Waals surface area contributed by atoms with Gasteiger partial charge in [-0.3, -0.25) is 9.05 Å². The molecule has 3 aliphatic rings. The second kappa shape index (κ2) is 14.4. The van der Waals surface area contributed by atoms with Gasteiger partial charge >= 0.3 is 15.6 Å². The molecule has 42 heavy (non-hydrogen) atoms. The Kier molecular flexibility index (Phi) is 12.4. The quantitative estimate of drug-likeness (QED) is 0.0912. The molecular weight excluding hydrogens is 630 g/mol. The normalized spacial score (nSPS) is 45.6. The number of aliphatic hydroxyl groups is 9. The van der Waals surface area contributed by atoms with E-state index in [-0.39, 0.29) is 0 Å². The van der Waals surface area contributed by atoms with Gasteiger partial charge in [0.15, 0.2) is 18.9 Å². The van der Waals surface area contributed by atoms with E-state index in [2.05, 4.69) is 9.05 Å². The minimum atomic E-state index is -5.63. The van der Waals surface area contributed by atoms with Gasteiger partial charge in [-0.25, -0.2) is 9.13 Å². The van der Waals surface area contributed by atoms with Crippen molar-refractivity contribution in [3.05, 3.63) is 0 Å². The van der Waals surface area contributed by atoms with Crippen molar-refractivity contribution >= 4 is 15.6 Å². The van der Waals surface area contributed by atoms with Crippen LogP contribution in [0, 0.1) is 0 Å². The molecule has 3 heterocycles. The monoisotopic (exact) mass is 664 g/mol. The van der Waals surface area contributed by atoms with E-state index in [4.69, 9.17) is 23.7 Å². The first-order valence-electron chi connectivity index (χ1n) is 12.1. The lowest BCUT2D eigenvalue weighted by molar-refractivity contribution is -0.364. The summed E-state index contributed by atoms with van der Waals surface area (Å²) in [5, 5.41) is 89.6. The number of hydrogen-bond acceptors (Lipinski definition) is 18. The van der Waals surface area contributed by atoms with Crippen LogP contribution in [0.1, 0.15) is 0 Å². The predicted octanol–water partition coefficient (Wildman–Crippen LogP) is -7.34. The molecule has 3 fully saturated rings. The Bertz CT molecular complexity index is 958. The third-order valence-corrected chi connectivity index (χ3v) is 7.58. The molecule has 0 aromatic heterocycles. The molecule has 0 aromatic carbocycles. The highest BCUT2D eigenvalue weighted by molar-refractivity contribution is 7.46. The van der Waals surface area contributed by atoms with E-state index in [1.54, 1.807) is 0 Å². The highest BCUT2D eigenvalue weighted by Gasteiger charge is 2.55. The van der Waals surface area contributed by atoms with Crippen molar-refractivity contribution in [1.82, 2.24) is 0 Å². The van der Waals surface area contributed by atoms with Gasteiger partial charge in [-0.15, -0.1) is 0 Å². The summed E-state index contributed by atoms with van der Waals surface area (Å²) in [6, 6.07) is 0. The fraction of sp³-hybridized carbons (Fsp3) is 1.00. The topological polar surface area (TPSA) is 362 Å². The smallest absolute Gasteiger partial charge is 0.394 e. The molecule has 0 aromatic rings. The van der Waals surface area contributed by atoms with Gasteiger partial charge in [-0.2, -0.15) is 0 Å². The molecule has 0 saturated carbocycles. The Morgan fingerprint density at radius 2 is 1.00 bits per heavy atom. The summed E-state index contributed by atoms with van der Waals surface area (Å²) < 4.78 is 58.8. The molecule has 0 radical (unpaired) electrons. The van der Waals surface area contributed by atoms with Crippen LogP contribution in [-0.4, -0.2) is 177 Å². The molecule has 24 heteroatoms. The summed E-state index contributed by atoms with van der Waals surface area (Å²) in [4.78, 5) is 37.9. The van der Waals surface area contributed by atoms with Gasteiger partial charge in [0.2, 0.25) is 0 Å². The first-order chi connectivity index (χ1) is 19.4. The van der Waals surface area contributed by atoms with Gasteiger partial charge in [0.1, 0.15) is 73.2 Å². The van der Waals surface area contributed by atoms with Crippen LogP contribution >= 0.6 is 15.6 Å². The van der Waals surface area contributed by atoms with Crippen molar-refractivity contribution in [2.24, 2.45) is 0 Å². The fourth-order valence-electron chi connectivity index (χ4n) is 4.47. The standard InChI is InChI=1S/C18H34O22P2/c19-1-4-7(21)9(23)11(25)17(36-4)34-3-6-13(39-41(28,29)30)14(40-42(31,32)33)15(16(27)35-6)38-18-12(26)10(24)8(22)5(2-20)37-18/h4-27H,1-3H2,(H2,28,29,30)(H2,31,32,33)/t4-,5-,6-,7+,8+,9+,10+,11-,12-,13+,14+,15-,16?,17-,18+/m1/s1. The average Bonchev–Trinajstić information content (AvgIpc) is 2.89. The van der Waals surface area contributed by atoms with Gasteiger partial charge in [0.05, 0.1) is 19.8 Å². The zero-order valence-corrected chi connectivity index (χ0v) is 23.0. The third-order valence-electron chi connectivity index (χ3n) is 6.54. The summed E-state index contributed by atoms with van der Waals surface area (Å²) in [7, 11) is -11.2. The van der Waals surface area contributed by atoms with Gasteiger partial charge < -0.3 is 89.2 Å². The first kappa shape index (κ1) is 36.1. The summed E-state index contributed by atoms with van der Waals surface area (Å²) in [5.41, 5.74) is 0. The van der Waals surface area contributed by atoms with Crippen LogP contribution in [0.4, 0.5) is 0 Å². The van der Waals surface area contributed by atoms with E-state index in [1.165, 1.54) is 0 Å². The van der Waals surface area contributed by atoms with E-state index in [0.29, 0.717) is 0 Å². The van der Waals surface area contributed by atoms with Crippen molar-refractivity contribution < 1.29 is 107 Å². The molecule has 0 aliphatic carbocycles. The van der Waals surface area contributed by atoms with Gasteiger partial charge in [-0.1, -0.05) is 0 Å². The highest BCUT2D eigenvalue weighted by atomic mass is 31.2. The predicted molar refractivity (Wildman–Crippen MR) is 123 cm³/mol. The Hall–Kier alpha value is -0.340. The summed E-state index contributed by atoms with van der Waals surface area (Å²) in [6.45, 7) is -2.75. The maximum absolute atomic E-state index is 11.8. The van der Waals surface area contributed by atoms with E-state index < -0.39 is 128 Å². The Labute approximate surface area is 235 Å². The third kappa shape index (κ3) is 8.68. The van der Waals surface area contributed by atoms with Crippen LogP contribution in [0.25, 0.3) is 0 Å². The molecule has 3 saturated heterocycles. The number of rotatable bonds is 11. The number of hydrogen-bond donors (Lipinski definition) is 13. The Morgan fingerprint density at radius 1 is 0.548 bits per heavy atom. The Morgan fingerprint density at radius 3 is 1.48 bits per heavy atom. The van der Waals surface area contributed by atoms with Crippen molar-refractivity contribution in [1.29, 1.82) is 0 Å². The number of phosphoric acid groups is 2. The van der Waals surface area contributed by atoms with Crippen molar-refractivity contribution in [2.75, 3.05) is 19.8 Å². The SMILES string of the molecule is O=P(O)(O)O[C@@H]1[C@H](OP(=O)(O)O)[C@@H](O[C@@H]2O[C@H](CO)[C@H](O)[C@H](O)[C@H]2O)C(O)O[C@@H]1CO[C@@H]1O[C@H](CO)[C@H](O)[C@H](O)[C@H]1O. The molecule has 0 amide bonds. The number of ether oxygens (including phenoxy) is 5. The molecule has 0 bridgehead atoms. The zero-order valence-electron chi connectivity index (χ0n) is 21.2. The lowest BCUT2D eigenvalue weighted by atomic mass is 9.97. The molecule has 22 nitrogen and oxygen atoms in total. The average molecular weight is 664 g/mol. The van der Waals surface area contributed by atoms with Crippen LogP contribution in [0.15, 0.2) is 0 Å². The van der Waals surface area contributed by atoms with Crippen LogP contribution in [0.3, 0.4) is 0 Å². The number of aliphatic hydroxyl groups excluding tert-OH is 9. The van der Waals surface area contributed by atoms with Gasteiger partial charge in [-0.05, 0) is 0 Å². The lowest BCUT2D eigenvalue weighted by Gasteiger charge is -2.47. The number of phosphoric ester groups is 2. The van der Waals surface area contributed by atoms with Crippen LogP contribution in [-0.2, 0) is 41.9 Å². The van der Waals surface area contributed by atoms with Crippen molar-refractivity contribution in [3.8, 4) is 0 Å². The van der Waals surface area contributed by atoms with E-state index in [9.17, 15) is 74.7 Å². The van der Waals surface area contributed by atoms with E-state index in [1.807, 2.05) is 0 Å². The minimum Gasteiger partial charge on any atom is -0.394 e. The van der Waals surface area contributed by atoms with Crippen LogP contribution in [0.2, 0.25) is 0 Å². The molecule has 248 valence electrons. The molecule has 1 unspecified atom stereocenters. The second-order valence-electron chi connectivity index (χ2n) is 9.51. The van der Waals surface area contributed by atoms with Gasteiger partial charge in [0.25, 0.3) is 0 Å². The molecule has 0 spiro atoms. The van der Waals surface area contributed by atoms with Gasteiger partial charge in [0, 0.05) is 0 Å². The fourth-order valence-corrected chi connectivity index (χ4v) is 5.60. The van der Waals surface area contributed by atoms with E-state index in [0.717, 1.165) is 0 Å². The summed E-state index contributed by atoms with van der Waals surface area (Å²) in [6.07, 6.45) is -29.7. The highest BCUT2D eigenvalue weighted by Crippen LogP contribution is 2.47. The molecular formula is C18H34O22P2. The van der Waals surface area contributed by atoms with Crippen molar-refractivity contribution in [3.63, 3.8) is 0 Å². The molecule has 3 aliphatic heterocycles.